The summed E-state index contributed by atoms with van der Waals surface area (Å²) in [6, 6.07) is 8.56. The van der Waals surface area contributed by atoms with E-state index in [0.717, 1.165) is 48.1 Å². The number of rotatable bonds is 5. The van der Waals surface area contributed by atoms with Gasteiger partial charge in [0.05, 0.1) is 12.3 Å². The lowest BCUT2D eigenvalue weighted by Gasteiger charge is -2.19. The zero-order valence-electron chi connectivity index (χ0n) is 14.8. The molecule has 3 atom stereocenters. The van der Waals surface area contributed by atoms with E-state index in [2.05, 4.69) is 9.88 Å². The molecule has 1 saturated carbocycles. The topological polar surface area (TPSA) is 45.6 Å². The summed E-state index contributed by atoms with van der Waals surface area (Å²) >= 11 is 1.62. The molecule has 1 N–H and O–H groups in total. The molecule has 1 unspecified atom stereocenters. The molecular weight excluding hydrogens is 351 g/mol. The van der Waals surface area contributed by atoms with Crippen LogP contribution in [0.3, 0.4) is 0 Å². The van der Waals surface area contributed by atoms with Gasteiger partial charge in [-0.15, -0.1) is 11.8 Å². The highest BCUT2D eigenvalue weighted by Gasteiger charge is 2.41. The summed E-state index contributed by atoms with van der Waals surface area (Å²) in [5.74, 6) is 2.22. The third-order valence-electron chi connectivity index (χ3n) is 5.30. The Morgan fingerprint density at radius 2 is 2.00 bits per heavy atom. The molecule has 4 rings (SSSR count). The van der Waals surface area contributed by atoms with Crippen LogP contribution in [0.25, 0.3) is 0 Å². The van der Waals surface area contributed by atoms with Crippen LogP contribution >= 0.6 is 11.8 Å². The van der Waals surface area contributed by atoms with Crippen LogP contribution in [0.4, 0.5) is 4.39 Å². The number of fused-ring (bicyclic) bond motifs is 1. The summed E-state index contributed by atoms with van der Waals surface area (Å²) < 4.78 is 19.5. The van der Waals surface area contributed by atoms with Crippen LogP contribution in [0.1, 0.15) is 18.5 Å². The number of phenols is 1. The molecule has 2 aliphatic rings. The molecule has 2 aromatic rings. The fourth-order valence-electron chi connectivity index (χ4n) is 4.00. The minimum absolute atomic E-state index is 0.288. The Hall–Kier alpha value is -1.79. The molecule has 1 aromatic carbocycles. The Balaban J connectivity index is 1.25. The van der Waals surface area contributed by atoms with Crippen LogP contribution in [0.5, 0.6) is 11.5 Å². The summed E-state index contributed by atoms with van der Waals surface area (Å²) in [6.45, 7) is 4.12. The van der Waals surface area contributed by atoms with Crippen LogP contribution in [0.2, 0.25) is 0 Å². The smallest absolute Gasteiger partial charge is 0.165 e. The normalized spacial score (nSPS) is 25.4. The Bertz CT molecular complexity index is 757. The van der Waals surface area contributed by atoms with Crippen LogP contribution in [-0.4, -0.2) is 40.1 Å². The Morgan fingerprint density at radius 3 is 2.65 bits per heavy atom. The minimum Gasteiger partial charge on any atom is -0.505 e. The van der Waals surface area contributed by atoms with E-state index in [9.17, 15) is 9.50 Å². The van der Waals surface area contributed by atoms with Gasteiger partial charge in [0.25, 0.3) is 0 Å². The third-order valence-corrected chi connectivity index (χ3v) is 6.38. The van der Waals surface area contributed by atoms with E-state index >= 15 is 0 Å². The van der Waals surface area contributed by atoms with Gasteiger partial charge in [0.2, 0.25) is 0 Å². The first-order valence-electron chi connectivity index (χ1n) is 9.00. The largest absolute Gasteiger partial charge is 0.505 e. The zero-order valence-corrected chi connectivity index (χ0v) is 15.6. The highest BCUT2D eigenvalue weighted by Crippen LogP contribution is 2.40. The van der Waals surface area contributed by atoms with Crippen molar-refractivity contribution in [2.75, 3.05) is 19.0 Å². The summed E-state index contributed by atoms with van der Waals surface area (Å²) in [6.07, 6.45) is 4.28. The zero-order chi connectivity index (χ0) is 18.1. The average molecular weight is 374 g/mol. The van der Waals surface area contributed by atoms with Gasteiger partial charge in [-0.1, -0.05) is 0 Å². The fourth-order valence-corrected chi connectivity index (χ4v) is 4.90. The SMILES string of the molecule is Cc1ccc(OC2C[C@@H]3CN(CSc4ccc(O)c(F)c4)C[C@@H]3C2)cn1. The van der Waals surface area contributed by atoms with E-state index in [1.165, 1.54) is 12.1 Å². The standard InChI is InChI=1S/C20H23FN2O2S/c1-13-2-3-16(9-22-13)25-17-6-14-10-23(11-15(14)7-17)12-26-18-4-5-20(24)19(21)8-18/h2-5,8-9,14-15,17,24H,6-7,10-12H2,1H3/t14-,15+,17?. The monoisotopic (exact) mass is 374 g/mol. The summed E-state index contributed by atoms with van der Waals surface area (Å²) in [4.78, 5) is 7.58. The van der Waals surface area contributed by atoms with Crippen LogP contribution in [0.15, 0.2) is 41.4 Å². The van der Waals surface area contributed by atoms with Crippen molar-refractivity contribution in [2.24, 2.45) is 11.8 Å². The first-order chi connectivity index (χ1) is 12.6. The highest BCUT2D eigenvalue weighted by atomic mass is 32.2. The predicted octanol–water partition coefficient (Wildman–Crippen LogP) is 4.07. The molecule has 1 aliphatic carbocycles. The van der Waals surface area contributed by atoms with Crippen LogP contribution < -0.4 is 4.74 Å². The molecule has 0 amide bonds. The Morgan fingerprint density at radius 1 is 1.23 bits per heavy atom. The highest BCUT2D eigenvalue weighted by molar-refractivity contribution is 7.99. The summed E-state index contributed by atoms with van der Waals surface area (Å²) in [5.41, 5.74) is 1.00. The van der Waals surface area contributed by atoms with Crippen molar-refractivity contribution >= 4 is 11.8 Å². The molecule has 26 heavy (non-hydrogen) atoms. The van der Waals surface area contributed by atoms with Crippen LogP contribution in [-0.2, 0) is 0 Å². The average Bonchev–Trinajstić information content (AvgIpc) is 3.16. The van der Waals surface area contributed by atoms with Gasteiger partial charge < -0.3 is 9.84 Å². The van der Waals surface area contributed by atoms with E-state index < -0.39 is 5.82 Å². The van der Waals surface area contributed by atoms with Gasteiger partial charge in [0.1, 0.15) is 5.75 Å². The van der Waals surface area contributed by atoms with Crippen molar-refractivity contribution in [2.45, 2.75) is 30.8 Å². The van der Waals surface area contributed by atoms with Gasteiger partial charge in [-0.2, -0.15) is 0 Å². The van der Waals surface area contributed by atoms with Crippen molar-refractivity contribution in [3.63, 3.8) is 0 Å². The molecule has 4 nitrogen and oxygen atoms in total. The summed E-state index contributed by atoms with van der Waals surface area (Å²) in [5, 5.41) is 9.27. The molecule has 1 aliphatic heterocycles. The van der Waals surface area contributed by atoms with Gasteiger partial charge in [0, 0.05) is 29.6 Å². The number of aryl methyl sites for hydroxylation is 1. The number of thioether (sulfide) groups is 1. The number of aromatic nitrogens is 1. The van der Waals surface area contributed by atoms with Gasteiger partial charge in [-0.05, 0) is 61.9 Å². The third kappa shape index (κ3) is 3.96. The maximum atomic E-state index is 13.4. The quantitative estimate of drug-likeness (QED) is 0.799. The van der Waals surface area contributed by atoms with Crippen molar-refractivity contribution in [3.8, 4) is 11.5 Å². The van der Waals surface area contributed by atoms with E-state index in [0.29, 0.717) is 11.8 Å². The van der Waals surface area contributed by atoms with Crippen molar-refractivity contribution in [1.82, 2.24) is 9.88 Å². The number of likely N-dealkylation sites (tertiary alicyclic amines) is 1. The minimum atomic E-state index is -0.557. The summed E-state index contributed by atoms with van der Waals surface area (Å²) in [7, 11) is 0. The predicted molar refractivity (Wildman–Crippen MR) is 100.0 cm³/mol. The number of aromatic hydroxyl groups is 1. The lowest BCUT2D eigenvalue weighted by Crippen LogP contribution is -2.24. The van der Waals surface area contributed by atoms with E-state index in [1.807, 2.05) is 25.3 Å². The van der Waals surface area contributed by atoms with Crippen molar-refractivity contribution < 1.29 is 14.2 Å². The number of benzene rings is 1. The van der Waals surface area contributed by atoms with Gasteiger partial charge in [0.15, 0.2) is 11.6 Å². The number of pyridine rings is 1. The number of ether oxygens (including phenoxy) is 1. The van der Waals surface area contributed by atoms with E-state index in [4.69, 9.17) is 4.74 Å². The molecule has 138 valence electrons. The van der Waals surface area contributed by atoms with Crippen LogP contribution in [0, 0.1) is 24.6 Å². The molecule has 6 heteroatoms. The first kappa shape index (κ1) is 17.6. The Labute approximate surface area is 157 Å². The molecular formula is C20H23FN2O2S. The molecule has 0 bridgehead atoms. The number of nitrogens with zero attached hydrogens (tertiary/aromatic N) is 2. The molecule has 0 spiro atoms. The maximum Gasteiger partial charge on any atom is 0.165 e. The number of phenolic OH excluding ortho intramolecular Hbond substituents is 1. The number of hydrogen-bond donors (Lipinski definition) is 1. The molecule has 2 heterocycles. The van der Waals surface area contributed by atoms with E-state index in [-0.39, 0.29) is 11.9 Å². The van der Waals surface area contributed by atoms with E-state index in [1.54, 1.807) is 17.8 Å². The number of halogens is 1. The molecule has 2 fully saturated rings. The first-order valence-corrected chi connectivity index (χ1v) is 9.98. The second-order valence-electron chi connectivity index (χ2n) is 7.29. The maximum absolute atomic E-state index is 13.4. The van der Waals surface area contributed by atoms with Gasteiger partial charge >= 0.3 is 0 Å². The second-order valence-corrected chi connectivity index (χ2v) is 8.31. The fraction of sp³-hybridized carbons (Fsp3) is 0.450. The second kappa shape index (κ2) is 7.45. The van der Waals surface area contributed by atoms with Crippen molar-refractivity contribution in [3.05, 3.63) is 48.0 Å². The van der Waals surface area contributed by atoms with Gasteiger partial charge in [-0.3, -0.25) is 9.88 Å². The number of hydrogen-bond acceptors (Lipinski definition) is 5. The Kier molecular flexibility index (Phi) is 5.05. The molecule has 1 aromatic heterocycles. The van der Waals surface area contributed by atoms with Gasteiger partial charge in [-0.25, -0.2) is 4.39 Å². The molecule has 0 radical (unpaired) electrons. The van der Waals surface area contributed by atoms with Crippen molar-refractivity contribution in [1.29, 1.82) is 0 Å². The molecule has 1 saturated heterocycles. The lowest BCUT2D eigenvalue weighted by atomic mass is 10.0. The lowest BCUT2D eigenvalue weighted by molar-refractivity contribution is 0.189.